The molecular formula is C45H55N7O7. The Labute approximate surface area is 345 Å². The molecule has 2 saturated heterocycles. The first-order valence-electron chi connectivity index (χ1n) is 20.2. The number of hydrogen-bond acceptors (Lipinski definition) is 10. The monoisotopic (exact) mass is 805 g/mol. The first-order chi connectivity index (χ1) is 28.3. The fourth-order valence-corrected chi connectivity index (χ4v) is 7.47. The molecule has 312 valence electrons. The summed E-state index contributed by atoms with van der Waals surface area (Å²) in [6.07, 6.45) is -0.613. The minimum Gasteiger partial charge on any atom is -0.462 e. The zero-order chi connectivity index (χ0) is 42.1. The lowest BCUT2D eigenvalue weighted by Crippen LogP contribution is -2.58. The van der Waals surface area contributed by atoms with Crippen molar-refractivity contribution in [2.24, 2.45) is 11.3 Å². The molecule has 5 unspecified atom stereocenters. The Balaban J connectivity index is 1.22. The van der Waals surface area contributed by atoms with Gasteiger partial charge < -0.3 is 29.7 Å². The average Bonchev–Trinajstić information content (AvgIpc) is 3.70. The summed E-state index contributed by atoms with van der Waals surface area (Å²) in [6, 6.07) is 26.6. The third-order valence-corrected chi connectivity index (χ3v) is 11.0. The first-order valence-corrected chi connectivity index (χ1v) is 20.2. The number of urea groups is 1. The van der Waals surface area contributed by atoms with E-state index in [2.05, 4.69) is 20.7 Å². The Morgan fingerprint density at radius 2 is 1.73 bits per heavy atom. The summed E-state index contributed by atoms with van der Waals surface area (Å²) in [5, 5.41) is 16.7. The van der Waals surface area contributed by atoms with Crippen molar-refractivity contribution in [1.29, 1.82) is 0 Å². The molecular weight excluding hydrogens is 751 g/mol. The Bertz CT molecular complexity index is 2050. The number of nitrogens with one attached hydrogen (secondary N) is 2. The smallest absolute Gasteiger partial charge is 0.422 e. The number of aliphatic hydroxyl groups is 1. The van der Waals surface area contributed by atoms with Crippen LogP contribution in [0.5, 0.6) is 0 Å². The number of benzene rings is 2. The van der Waals surface area contributed by atoms with E-state index in [0.29, 0.717) is 26.1 Å². The topological polar surface area (TPSA) is 167 Å². The Morgan fingerprint density at radius 1 is 0.983 bits per heavy atom. The highest BCUT2D eigenvalue weighted by atomic mass is 16.6. The number of cyclic esters (lactones) is 1. The molecule has 0 radical (unpaired) electrons. The number of aromatic nitrogens is 2. The molecule has 14 heteroatoms. The number of nitrogens with zero attached hydrogens (tertiary/aromatic N) is 5. The van der Waals surface area contributed by atoms with E-state index in [9.17, 15) is 24.3 Å². The summed E-state index contributed by atoms with van der Waals surface area (Å²) >= 11 is 0. The molecule has 3 N–H and O–H groups in total. The molecule has 2 aromatic heterocycles. The zero-order valence-corrected chi connectivity index (χ0v) is 34.4. The summed E-state index contributed by atoms with van der Waals surface area (Å²) in [6.45, 7) is 10.6. The second-order valence-electron chi connectivity index (χ2n) is 16.2. The third kappa shape index (κ3) is 11.0. The number of pyridine rings is 2. The zero-order valence-electron chi connectivity index (χ0n) is 34.4. The van der Waals surface area contributed by atoms with Crippen LogP contribution in [0.3, 0.4) is 0 Å². The van der Waals surface area contributed by atoms with Crippen LogP contribution in [0.25, 0.3) is 11.3 Å². The van der Waals surface area contributed by atoms with Crippen LogP contribution in [0.15, 0.2) is 97.2 Å². The lowest BCUT2D eigenvalue weighted by atomic mass is 9.90. The predicted molar refractivity (Wildman–Crippen MR) is 221 cm³/mol. The van der Waals surface area contributed by atoms with Gasteiger partial charge in [-0.15, -0.1) is 0 Å². The van der Waals surface area contributed by atoms with Crippen molar-refractivity contribution in [2.75, 3.05) is 26.2 Å². The van der Waals surface area contributed by atoms with Crippen molar-refractivity contribution >= 4 is 24.0 Å². The summed E-state index contributed by atoms with van der Waals surface area (Å²) in [5.74, 6) is -1.21. The molecule has 5 atom stereocenters. The van der Waals surface area contributed by atoms with E-state index < -0.39 is 41.8 Å². The summed E-state index contributed by atoms with van der Waals surface area (Å²) in [5.41, 5.74) is 7.03. The number of aliphatic hydroxyl groups excluding tert-OH is 1. The van der Waals surface area contributed by atoms with E-state index in [-0.39, 0.29) is 44.0 Å². The molecule has 2 aliphatic rings. The molecule has 4 heterocycles. The van der Waals surface area contributed by atoms with Crippen LogP contribution < -0.4 is 10.7 Å². The number of ether oxygens (including phenoxy) is 2. The van der Waals surface area contributed by atoms with E-state index in [1.165, 1.54) is 5.01 Å². The van der Waals surface area contributed by atoms with Gasteiger partial charge >= 0.3 is 18.1 Å². The molecule has 2 aromatic carbocycles. The van der Waals surface area contributed by atoms with Gasteiger partial charge in [0.1, 0.15) is 12.6 Å². The molecule has 0 bridgehead atoms. The van der Waals surface area contributed by atoms with Gasteiger partial charge in [-0.1, -0.05) is 101 Å². The van der Waals surface area contributed by atoms with E-state index in [1.807, 2.05) is 112 Å². The average molecular weight is 806 g/mol. The van der Waals surface area contributed by atoms with Crippen molar-refractivity contribution in [2.45, 2.75) is 84.8 Å². The fourth-order valence-electron chi connectivity index (χ4n) is 7.47. The SMILES string of the molecule is CCC(C)C(C(=O)NC(Cc1ccccc1)C(O)CN(Cc1ccc(-c2ccccn2)cc1)NC(=O)OC1C(=O)OCC1(C)C)N1CCN(Cc2cccc(C)n2)C1=O. The Morgan fingerprint density at radius 3 is 2.39 bits per heavy atom. The molecule has 6 rings (SSSR count). The maximum absolute atomic E-state index is 14.5. The molecule has 59 heavy (non-hydrogen) atoms. The standard InChI is InChI=1S/C45H55N7O7/c1-6-30(2)39(52-24-23-50(44(52)57)27-35-16-12-13-31(3)47-35)41(54)48-37(25-32-14-8-7-9-15-32)38(53)28-51(49-43(56)59-40-42(55)58-29-45(40,4)5)26-33-18-20-34(21-19-33)36-17-10-11-22-46-36/h7-22,30,37-40,53H,6,23-29H2,1-5H3,(H,48,54)(H,49,56). The lowest BCUT2D eigenvalue weighted by molar-refractivity contribution is -0.145. The highest BCUT2D eigenvalue weighted by molar-refractivity contribution is 5.88. The molecule has 4 amide bonds. The van der Waals surface area contributed by atoms with Crippen LogP contribution in [-0.4, -0.2) is 104 Å². The van der Waals surface area contributed by atoms with Crippen molar-refractivity contribution in [1.82, 2.24) is 35.5 Å². The molecule has 0 saturated carbocycles. The van der Waals surface area contributed by atoms with E-state index in [0.717, 1.165) is 33.8 Å². The fraction of sp³-hybridized carbons (Fsp3) is 0.422. The minimum absolute atomic E-state index is 0.109. The minimum atomic E-state index is -1.23. The molecule has 4 aromatic rings. The van der Waals surface area contributed by atoms with Crippen LogP contribution >= 0.6 is 0 Å². The van der Waals surface area contributed by atoms with Gasteiger partial charge in [0.15, 0.2) is 0 Å². The van der Waals surface area contributed by atoms with Crippen LogP contribution in [0.4, 0.5) is 9.59 Å². The normalized spacial score (nSPS) is 18.3. The largest absolute Gasteiger partial charge is 0.462 e. The van der Waals surface area contributed by atoms with Gasteiger partial charge in [0.25, 0.3) is 0 Å². The van der Waals surface area contributed by atoms with Crippen LogP contribution in [-0.2, 0) is 38.6 Å². The van der Waals surface area contributed by atoms with Gasteiger partial charge in [-0.05, 0) is 54.7 Å². The van der Waals surface area contributed by atoms with Crippen molar-refractivity contribution in [3.8, 4) is 11.3 Å². The molecule has 2 fully saturated rings. The second-order valence-corrected chi connectivity index (χ2v) is 16.2. The number of rotatable bonds is 17. The summed E-state index contributed by atoms with van der Waals surface area (Å²) < 4.78 is 10.8. The van der Waals surface area contributed by atoms with E-state index in [1.54, 1.807) is 29.8 Å². The number of amides is 4. The summed E-state index contributed by atoms with van der Waals surface area (Å²) in [4.78, 5) is 66.6. The van der Waals surface area contributed by atoms with Crippen molar-refractivity contribution in [3.63, 3.8) is 0 Å². The van der Waals surface area contributed by atoms with Crippen LogP contribution in [0.2, 0.25) is 0 Å². The summed E-state index contributed by atoms with van der Waals surface area (Å²) in [7, 11) is 0. The van der Waals surface area contributed by atoms with E-state index in [4.69, 9.17) is 9.47 Å². The number of carbonyl (C=O) groups excluding carboxylic acids is 4. The number of hydrogen-bond donors (Lipinski definition) is 3. The van der Waals surface area contributed by atoms with Gasteiger partial charge in [-0.3, -0.25) is 20.2 Å². The van der Waals surface area contributed by atoms with Gasteiger partial charge in [0, 0.05) is 49.0 Å². The van der Waals surface area contributed by atoms with Gasteiger partial charge in [0.05, 0.1) is 30.1 Å². The Hall–Kier alpha value is -5.86. The van der Waals surface area contributed by atoms with Crippen molar-refractivity contribution < 1.29 is 33.8 Å². The quantitative estimate of drug-likeness (QED) is 0.0944. The number of carbonyl (C=O) groups is 4. The maximum atomic E-state index is 14.5. The number of aryl methyl sites for hydroxylation is 1. The maximum Gasteiger partial charge on any atom is 0.422 e. The lowest BCUT2D eigenvalue weighted by Gasteiger charge is -2.35. The number of hydrazine groups is 1. The highest BCUT2D eigenvalue weighted by Crippen LogP contribution is 2.31. The molecule has 0 spiro atoms. The van der Waals surface area contributed by atoms with Crippen LogP contribution in [0, 0.1) is 18.3 Å². The van der Waals surface area contributed by atoms with Crippen molar-refractivity contribution in [3.05, 3.63) is 120 Å². The van der Waals surface area contributed by atoms with E-state index >= 15 is 0 Å². The van der Waals surface area contributed by atoms with Gasteiger partial charge in [-0.25, -0.2) is 19.4 Å². The van der Waals surface area contributed by atoms with Crippen LogP contribution in [0.1, 0.15) is 56.6 Å². The Kier molecular flexibility index (Phi) is 14.0. The third-order valence-electron chi connectivity index (χ3n) is 11.0. The first kappa shape index (κ1) is 42.7. The molecule has 0 aliphatic carbocycles. The molecule has 2 aliphatic heterocycles. The molecule has 14 nitrogen and oxygen atoms in total. The van der Waals surface area contributed by atoms with Gasteiger partial charge in [0.2, 0.25) is 12.0 Å². The predicted octanol–water partition coefficient (Wildman–Crippen LogP) is 5.29. The highest BCUT2D eigenvalue weighted by Gasteiger charge is 2.47. The van der Waals surface area contributed by atoms with Gasteiger partial charge in [-0.2, -0.15) is 0 Å². The number of esters is 1. The second kappa shape index (κ2) is 19.3.